The maximum absolute atomic E-state index is 12.5. The number of Topliss-reactive ketones (excluding diaryl/α,β-unsaturated/α-hetero) is 1. The average molecular weight is 217 g/mol. The molecule has 1 fully saturated rings. The van der Waals surface area contributed by atoms with E-state index in [0.717, 1.165) is 31.2 Å². The molecule has 0 heterocycles. The van der Waals surface area contributed by atoms with Crippen molar-refractivity contribution in [3.05, 3.63) is 35.9 Å². The first-order valence-electron chi connectivity index (χ1n) is 6.07. The van der Waals surface area contributed by atoms with Gasteiger partial charge in [0.15, 0.2) is 5.78 Å². The van der Waals surface area contributed by atoms with Gasteiger partial charge in [-0.1, -0.05) is 49.6 Å². The minimum Gasteiger partial charge on any atom is -0.308 e. The van der Waals surface area contributed by atoms with Gasteiger partial charge < -0.3 is 5.32 Å². The Morgan fingerprint density at radius 1 is 1.12 bits per heavy atom. The van der Waals surface area contributed by atoms with Crippen LogP contribution in [0.2, 0.25) is 0 Å². The maximum atomic E-state index is 12.5. The number of benzene rings is 1. The summed E-state index contributed by atoms with van der Waals surface area (Å²) in [4.78, 5) is 12.5. The molecule has 86 valence electrons. The second-order valence-electron chi connectivity index (χ2n) is 4.59. The van der Waals surface area contributed by atoms with Crippen LogP contribution in [0.3, 0.4) is 0 Å². The van der Waals surface area contributed by atoms with Gasteiger partial charge in [0.2, 0.25) is 0 Å². The summed E-state index contributed by atoms with van der Waals surface area (Å²) in [6.07, 6.45) is 5.50. The van der Waals surface area contributed by atoms with Crippen molar-refractivity contribution in [3.63, 3.8) is 0 Å². The molecule has 0 bridgehead atoms. The van der Waals surface area contributed by atoms with Crippen LogP contribution < -0.4 is 5.32 Å². The van der Waals surface area contributed by atoms with E-state index in [9.17, 15) is 4.79 Å². The largest absolute Gasteiger partial charge is 0.308 e. The summed E-state index contributed by atoms with van der Waals surface area (Å²) in [5, 5.41) is 3.27. The minimum absolute atomic E-state index is 0.260. The second-order valence-corrected chi connectivity index (χ2v) is 4.59. The zero-order chi connectivity index (χ0) is 11.4. The molecular formula is C14H19NO. The molecule has 1 saturated carbocycles. The first kappa shape index (κ1) is 11.3. The van der Waals surface area contributed by atoms with Crippen LogP contribution >= 0.6 is 0 Å². The Bertz CT molecular complexity index is 352. The summed E-state index contributed by atoms with van der Waals surface area (Å²) in [7, 11) is 1.91. The molecule has 0 aliphatic heterocycles. The lowest BCUT2D eigenvalue weighted by molar-refractivity contribution is 0.0807. The van der Waals surface area contributed by atoms with E-state index in [4.69, 9.17) is 0 Å². The van der Waals surface area contributed by atoms with E-state index in [2.05, 4.69) is 5.32 Å². The molecule has 0 aromatic heterocycles. The van der Waals surface area contributed by atoms with Gasteiger partial charge in [-0.2, -0.15) is 0 Å². The number of nitrogens with one attached hydrogen (secondary N) is 1. The zero-order valence-corrected chi connectivity index (χ0v) is 9.83. The molecule has 1 aromatic rings. The van der Waals surface area contributed by atoms with E-state index in [0.29, 0.717) is 0 Å². The van der Waals surface area contributed by atoms with Gasteiger partial charge in [0, 0.05) is 5.56 Å². The summed E-state index contributed by atoms with van der Waals surface area (Å²) in [6, 6.07) is 9.63. The highest BCUT2D eigenvalue weighted by Gasteiger charge is 2.37. The van der Waals surface area contributed by atoms with Crippen LogP contribution in [-0.2, 0) is 0 Å². The quantitative estimate of drug-likeness (QED) is 0.789. The van der Waals surface area contributed by atoms with Crippen molar-refractivity contribution in [3.8, 4) is 0 Å². The lowest BCUT2D eigenvalue weighted by atomic mass is 9.76. The molecule has 0 saturated heterocycles. The normalized spacial score (nSPS) is 19.3. The number of hydrogen-bond acceptors (Lipinski definition) is 2. The van der Waals surface area contributed by atoms with Gasteiger partial charge >= 0.3 is 0 Å². The Hall–Kier alpha value is -1.15. The molecule has 2 rings (SSSR count). The van der Waals surface area contributed by atoms with Gasteiger partial charge in [0.1, 0.15) is 0 Å². The fourth-order valence-corrected chi connectivity index (χ4v) is 2.61. The lowest BCUT2D eigenvalue weighted by Crippen LogP contribution is -2.51. The highest BCUT2D eigenvalue weighted by atomic mass is 16.1. The molecule has 0 spiro atoms. The number of rotatable bonds is 3. The molecule has 0 amide bonds. The first-order valence-corrected chi connectivity index (χ1v) is 6.07. The van der Waals surface area contributed by atoms with Crippen LogP contribution in [0.25, 0.3) is 0 Å². The summed E-state index contributed by atoms with van der Waals surface area (Å²) >= 11 is 0. The number of carbonyl (C=O) groups is 1. The molecule has 2 heteroatoms. The monoisotopic (exact) mass is 217 g/mol. The van der Waals surface area contributed by atoms with E-state index >= 15 is 0 Å². The van der Waals surface area contributed by atoms with E-state index in [1.54, 1.807) is 0 Å². The van der Waals surface area contributed by atoms with Crippen molar-refractivity contribution in [1.29, 1.82) is 0 Å². The van der Waals surface area contributed by atoms with Crippen molar-refractivity contribution >= 4 is 5.78 Å². The fourth-order valence-electron chi connectivity index (χ4n) is 2.61. The van der Waals surface area contributed by atoms with E-state index < -0.39 is 0 Å². The van der Waals surface area contributed by atoms with Gasteiger partial charge in [-0.25, -0.2) is 0 Å². The molecule has 0 radical (unpaired) electrons. The third kappa shape index (κ3) is 2.03. The SMILES string of the molecule is CNC1(C(=O)c2ccccc2)CCCCC1. The van der Waals surface area contributed by atoms with Crippen molar-refractivity contribution in [1.82, 2.24) is 5.32 Å². The van der Waals surface area contributed by atoms with Crippen molar-refractivity contribution in [2.24, 2.45) is 0 Å². The lowest BCUT2D eigenvalue weighted by Gasteiger charge is -2.35. The zero-order valence-electron chi connectivity index (χ0n) is 9.83. The molecule has 1 N–H and O–H groups in total. The Balaban J connectivity index is 2.24. The number of ketones is 1. The number of carbonyl (C=O) groups excluding carboxylic acids is 1. The van der Waals surface area contributed by atoms with Crippen LogP contribution in [0.15, 0.2) is 30.3 Å². The number of likely N-dealkylation sites (N-methyl/N-ethyl adjacent to an activating group) is 1. The van der Waals surface area contributed by atoms with Crippen molar-refractivity contribution < 1.29 is 4.79 Å². The second kappa shape index (κ2) is 4.79. The molecule has 0 atom stereocenters. The summed E-state index contributed by atoms with van der Waals surface area (Å²) < 4.78 is 0. The molecule has 1 aliphatic carbocycles. The predicted octanol–water partition coefficient (Wildman–Crippen LogP) is 2.79. The molecule has 1 aromatic carbocycles. The van der Waals surface area contributed by atoms with Crippen LogP contribution in [-0.4, -0.2) is 18.4 Å². The van der Waals surface area contributed by atoms with Gasteiger partial charge in [0.25, 0.3) is 0 Å². The molecular weight excluding hydrogens is 198 g/mol. The fraction of sp³-hybridized carbons (Fsp3) is 0.500. The smallest absolute Gasteiger partial charge is 0.182 e. The summed E-state index contributed by atoms with van der Waals surface area (Å²) in [5.41, 5.74) is 0.526. The van der Waals surface area contributed by atoms with Crippen LogP contribution in [0.4, 0.5) is 0 Å². The Labute approximate surface area is 97.1 Å². The van der Waals surface area contributed by atoms with Crippen LogP contribution in [0.1, 0.15) is 42.5 Å². The number of hydrogen-bond donors (Lipinski definition) is 1. The topological polar surface area (TPSA) is 29.1 Å². The van der Waals surface area contributed by atoms with Crippen LogP contribution in [0.5, 0.6) is 0 Å². The summed E-state index contributed by atoms with van der Waals surface area (Å²) in [5.74, 6) is 0.260. The Morgan fingerprint density at radius 2 is 1.75 bits per heavy atom. The summed E-state index contributed by atoms with van der Waals surface area (Å²) in [6.45, 7) is 0. The minimum atomic E-state index is -0.306. The third-order valence-electron chi connectivity index (χ3n) is 3.66. The molecule has 0 unspecified atom stereocenters. The first-order chi connectivity index (χ1) is 7.78. The highest BCUT2D eigenvalue weighted by molar-refractivity contribution is 6.03. The standard InChI is InChI=1S/C14H19NO/c1-15-14(10-6-3-7-11-14)13(16)12-8-4-2-5-9-12/h2,4-5,8-9,15H,3,6-7,10-11H2,1H3. The van der Waals surface area contributed by atoms with Gasteiger partial charge in [0.05, 0.1) is 5.54 Å². The van der Waals surface area contributed by atoms with Crippen molar-refractivity contribution in [2.45, 2.75) is 37.6 Å². The van der Waals surface area contributed by atoms with Gasteiger partial charge in [-0.15, -0.1) is 0 Å². The van der Waals surface area contributed by atoms with Gasteiger partial charge in [-0.3, -0.25) is 4.79 Å². The molecule has 2 nitrogen and oxygen atoms in total. The van der Waals surface area contributed by atoms with Crippen LogP contribution in [0, 0.1) is 0 Å². The average Bonchev–Trinajstić information content (AvgIpc) is 2.39. The third-order valence-corrected chi connectivity index (χ3v) is 3.66. The van der Waals surface area contributed by atoms with E-state index in [-0.39, 0.29) is 11.3 Å². The van der Waals surface area contributed by atoms with E-state index in [1.807, 2.05) is 37.4 Å². The highest BCUT2D eigenvalue weighted by Crippen LogP contribution is 2.30. The predicted molar refractivity (Wildman–Crippen MR) is 65.6 cm³/mol. The van der Waals surface area contributed by atoms with E-state index in [1.165, 1.54) is 6.42 Å². The Morgan fingerprint density at radius 3 is 2.31 bits per heavy atom. The molecule has 1 aliphatic rings. The Kier molecular flexibility index (Phi) is 3.39. The maximum Gasteiger partial charge on any atom is 0.182 e. The van der Waals surface area contributed by atoms with Crippen molar-refractivity contribution in [2.75, 3.05) is 7.05 Å². The molecule has 16 heavy (non-hydrogen) atoms. The van der Waals surface area contributed by atoms with Gasteiger partial charge in [-0.05, 0) is 19.9 Å².